The Balaban J connectivity index is 1.34. The molecule has 0 bridgehead atoms. The molecule has 0 aliphatic heterocycles. The van der Waals surface area contributed by atoms with Crippen LogP contribution in [0.5, 0.6) is 5.75 Å². The predicted molar refractivity (Wildman–Crippen MR) is 173 cm³/mol. The zero-order chi connectivity index (χ0) is 31.3. The van der Waals surface area contributed by atoms with Crippen molar-refractivity contribution in [2.45, 2.75) is 28.3 Å². The molecular weight excluding hydrogens is 618 g/mol. The minimum absolute atomic E-state index is 0.0119. The molecule has 2 heterocycles. The number of fused-ring (bicyclic) bond motifs is 1. The molecule has 0 radical (unpaired) electrons. The SMILES string of the molecule is COc1cc2c(Nc3ccc(Sc4nccn4C)c(Cl)c3)c(C#N)cnc2cc1/C=C/CCOS(=O)(=O)c1ccc(C)cc1. The normalized spacial score (nSPS) is 11.6. The summed E-state index contributed by atoms with van der Waals surface area (Å²) in [6, 6.07) is 18.0. The van der Waals surface area contributed by atoms with E-state index in [1.807, 2.05) is 61.2 Å². The van der Waals surface area contributed by atoms with Gasteiger partial charge in [-0.15, -0.1) is 0 Å². The van der Waals surface area contributed by atoms with E-state index in [9.17, 15) is 13.7 Å². The number of pyridine rings is 1. The summed E-state index contributed by atoms with van der Waals surface area (Å²) in [6.07, 6.45) is 9.11. The quantitative estimate of drug-likeness (QED) is 0.115. The molecule has 0 unspecified atom stereocenters. The number of aryl methyl sites for hydroxylation is 2. The van der Waals surface area contributed by atoms with Crippen LogP contribution in [0.25, 0.3) is 17.0 Å². The summed E-state index contributed by atoms with van der Waals surface area (Å²) >= 11 is 8.07. The Bertz CT molecular complexity index is 2000. The minimum atomic E-state index is -3.84. The van der Waals surface area contributed by atoms with Crippen molar-refractivity contribution >= 4 is 61.8 Å². The van der Waals surface area contributed by atoms with Crippen molar-refractivity contribution in [1.29, 1.82) is 5.26 Å². The zero-order valence-electron chi connectivity index (χ0n) is 24.1. The van der Waals surface area contributed by atoms with Gasteiger partial charge in [0.2, 0.25) is 0 Å². The first-order valence-corrected chi connectivity index (χ1v) is 16.0. The Hall–Kier alpha value is -4.34. The van der Waals surface area contributed by atoms with E-state index in [2.05, 4.69) is 21.4 Å². The number of aromatic nitrogens is 3. The predicted octanol–water partition coefficient (Wildman–Crippen LogP) is 7.51. The van der Waals surface area contributed by atoms with Crippen LogP contribution in [-0.4, -0.2) is 36.7 Å². The molecule has 0 atom stereocenters. The monoisotopic (exact) mass is 645 g/mol. The number of hydrogen-bond donors (Lipinski definition) is 1. The van der Waals surface area contributed by atoms with E-state index in [1.54, 1.807) is 31.5 Å². The maximum absolute atomic E-state index is 12.4. The first-order valence-electron chi connectivity index (χ1n) is 13.4. The second kappa shape index (κ2) is 13.5. The maximum Gasteiger partial charge on any atom is 0.296 e. The van der Waals surface area contributed by atoms with Gasteiger partial charge in [0, 0.05) is 47.2 Å². The lowest BCUT2D eigenvalue weighted by Gasteiger charge is -2.15. The maximum atomic E-state index is 12.4. The van der Waals surface area contributed by atoms with Gasteiger partial charge < -0.3 is 14.6 Å². The largest absolute Gasteiger partial charge is 0.496 e. The number of nitrogens with zero attached hydrogens (tertiary/aromatic N) is 4. The van der Waals surface area contributed by atoms with E-state index in [-0.39, 0.29) is 11.5 Å². The fourth-order valence-electron chi connectivity index (χ4n) is 4.33. The number of nitriles is 1. The number of anilines is 2. The molecule has 5 rings (SSSR count). The molecule has 224 valence electrons. The number of hydrogen-bond acceptors (Lipinski definition) is 9. The molecule has 0 spiro atoms. The lowest BCUT2D eigenvalue weighted by Crippen LogP contribution is -2.07. The second-order valence-electron chi connectivity index (χ2n) is 9.74. The fourth-order valence-corrected chi connectivity index (χ4v) is 6.35. The van der Waals surface area contributed by atoms with E-state index in [4.69, 9.17) is 20.5 Å². The zero-order valence-corrected chi connectivity index (χ0v) is 26.5. The van der Waals surface area contributed by atoms with Crippen LogP contribution in [0.4, 0.5) is 11.4 Å². The average molecular weight is 646 g/mol. The fraction of sp³-hybridized carbons (Fsp3) is 0.156. The molecule has 9 nitrogen and oxygen atoms in total. The molecule has 5 aromatic rings. The second-order valence-corrected chi connectivity index (χ2v) is 12.8. The van der Waals surface area contributed by atoms with E-state index in [0.29, 0.717) is 45.0 Å². The van der Waals surface area contributed by atoms with Crippen LogP contribution in [0.15, 0.2) is 94.2 Å². The number of rotatable bonds is 11. The van der Waals surface area contributed by atoms with Gasteiger partial charge in [0.1, 0.15) is 11.8 Å². The molecule has 0 saturated heterocycles. The molecule has 2 aromatic heterocycles. The molecule has 0 amide bonds. The Kier molecular flexibility index (Phi) is 9.56. The van der Waals surface area contributed by atoms with Crippen molar-refractivity contribution in [3.8, 4) is 11.8 Å². The summed E-state index contributed by atoms with van der Waals surface area (Å²) in [7, 11) is -0.359. The Labute approximate surface area is 265 Å². The summed E-state index contributed by atoms with van der Waals surface area (Å²) in [5.74, 6) is 0.557. The van der Waals surface area contributed by atoms with Crippen LogP contribution in [0, 0.1) is 18.3 Å². The number of nitrogens with one attached hydrogen (secondary N) is 1. The van der Waals surface area contributed by atoms with E-state index in [0.717, 1.165) is 21.2 Å². The molecule has 44 heavy (non-hydrogen) atoms. The molecule has 0 saturated carbocycles. The summed E-state index contributed by atoms with van der Waals surface area (Å²) < 4.78 is 37.6. The van der Waals surface area contributed by atoms with E-state index >= 15 is 0 Å². The summed E-state index contributed by atoms with van der Waals surface area (Å²) in [5.41, 5.74) is 3.97. The van der Waals surface area contributed by atoms with Crippen molar-refractivity contribution in [3.05, 3.63) is 101 Å². The van der Waals surface area contributed by atoms with Gasteiger partial charge in [0.05, 0.1) is 40.4 Å². The summed E-state index contributed by atoms with van der Waals surface area (Å²) in [6.45, 7) is 1.87. The number of halogens is 1. The Morgan fingerprint density at radius 3 is 2.61 bits per heavy atom. The van der Waals surface area contributed by atoms with Gasteiger partial charge in [0.25, 0.3) is 10.1 Å². The third kappa shape index (κ3) is 7.06. The van der Waals surface area contributed by atoms with Crippen molar-refractivity contribution in [2.75, 3.05) is 19.0 Å². The third-order valence-corrected chi connectivity index (χ3v) is 9.55. The van der Waals surface area contributed by atoms with Crippen LogP contribution >= 0.6 is 23.4 Å². The average Bonchev–Trinajstić information content (AvgIpc) is 3.42. The highest BCUT2D eigenvalue weighted by molar-refractivity contribution is 7.99. The van der Waals surface area contributed by atoms with Crippen molar-refractivity contribution < 1.29 is 17.3 Å². The van der Waals surface area contributed by atoms with Crippen LogP contribution in [0.2, 0.25) is 5.02 Å². The highest BCUT2D eigenvalue weighted by atomic mass is 35.5. The number of imidazole rings is 1. The standard InChI is InChI=1S/C32H28ClN5O4S2/c1-21-7-10-25(11-8-21)44(39,40)42-15-5-4-6-22-16-28-26(18-29(22)41-3)31(23(19-34)20-36-28)37-24-9-12-30(27(33)17-24)43-32-35-13-14-38(32)2/h4,6-14,16-18,20H,5,15H2,1-3H3,(H,36,37)/b6-4+. The van der Waals surface area contributed by atoms with Crippen molar-refractivity contribution in [1.82, 2.24) is 14.5 Å². The molecule has 1 N–H and O–H groups in total. The topological polar surface area (TPSA) is 119 Å². The first kappa shape index (κ1) is 31.1. The molecule has 12 heteroatoms. The van der Waals surface area contributed by atoms with E-state index in [1.165, 1.54) is 30.1 Å². The van der Waals surface area contributed by atoms with Gasteiger partial charge in [0.15, 0.2) is 5.16 Å². The van der Waals surface area contributed by atoms with Crippen molar-refractivity contribution in [2.24, 2.45) is 7.05 Å². The molecule has 0 fully saturated rings. The van der Waals surface area contributed by atoms with Crippen molar-refractivity contribution in [3.63, 3.8) is 0 Å². The van der Waals surface area contributed by atoms with Crippen LogP contribution in [0.3, 0.4) is 0 Å². The minimum Gasteiger partial charge on any atom is -0.496 e. The van der Waals surface area contributed by atoms with Crippen LogP contribution in [-0.2, 0) is 21.3 Å². The van der Waals surface area contributed by atoms with Gasteiger partial charge >= 0.3 is 0 Å². The molecule has 0 aliphatic carbocycles. The van der Waals surface area contributed by atoms with Gasteiger partial charge in [-0.05, 0) is 55.8 Å². The lowest BCUT2D eigenvalue weighted by atomic mass is 10.0. The third-order valence-electron chi connectivity index (χ3n) is 6.65. The number of benzene rings is 3. The first-order chi connectivity index (χ1) is 21.2. The summed E-state index contributed by atoms with van der Waals surface area (Å²) in [4.78, 5) is 9.80. The molecule has 3 aromatic carbocycles. The highest BCUT2D eigenvalue weighted by Gasteiger charge is 2.16. The molecule has 0 aliphatic rings. The lowest BCUT2D eigenvalue weighted by molar-refractivity contribution is 0.325. The number of ether oxygens (including phenoxy) is 1. The number of methoxy groups -OCH3 is 1. The van der Waals surface area contributed by atoms with Crippen LogP contribution in [0.1, 0.15) is 23.1 Å². The van der Waals surface area contributed by atoms with E-state index < -0.39 is 10.1 Å². The van der Waals surface area contributed by atoms with Gasteiger partial charge in [-0.2, -0.15) is 13.7 Å². The summed E-state index contributed by atoms with van der Waals surface area (Å²) in [5, 5.41) is 15.2. The molecular formula is C32H28ClN5O4S2. The Morgan fingerprint density at radius 2 is 1.93 bits per heavy atom. The highest BCUT2D eigenvalue weighted by Crippen LogP contribution is 2.37. The van der Waals surface area contributed by atoms with Gasteiger partial charge in [-0.1, -0.05) is 53.2 Å². The smallest absolute Gasteiger partial charge is 0.296 e. The van der Waals surface area contributed by atoms with Crippen LogP contribution < -0.4 is 10.1 Å². The van der Waals surface area contributed by atoms with Gasteiger partial charge in [-0.25, -0.2) is 4.98 Å². The Morgan fingerprint density at radius 1 is 1.14 bits per heavy atom. The van der Waals surface area contributed by atoms with Gasteiger partial charge in [-0.3, -0.25) is 9.17 Å².